The van der Waals surface area contributed by atoms with E-state index in [1.807, 2.05) is 0 Å². The zero-order valence-electron chi connectivity index (χ0n) is 11.5. The van der Waals surface area contributed by atoms with Crippen LogP contribution in [0.3, 0.4) is 0 Å². The molecule has 2 nitrogen and oxygen atoms in total. The van der Waals surface area contributed by atoms with Crippen molar-refractivity contribution in [2.75, 3.05) is 32.1 Å². The number of likely N-dealkylation sites (N-methyl/N-ethyl adjacent to an activating group) is 2. The molecule has 2 atom stereocenters. The second-order valence-electron chi connectivity index (χ2n) is 6.12. The molecule has 3 heteroatoms. The van der Waals surface area contributed by atoms with Gasteiger partial charge in [0, 0.05) is 30.1 Å². The lowest BCUT2D eigenvalue weighted by Crippen LogP contribution is -2.52. The normalized spacial score (nSPS) is 25.7. The van der Waals surface area contributed by atoms with Crippen LogP contribution in [0.1, 0.15) is 33.6 Å². The molecule has 0 aromatic carbocycles. The summed E-state index contributed by atoms with van der Waals surface area (Å²) in [4.78, 5) is 2.53. The van der Waals surface area contributed by atoms with Crippen LogP contribution in [0.25, 0.3) is 0 Å². The first-order valence-corrected chi connectivity index (χ1v) is 7.55. The lowest BCUT2D eigenvalue weighted by Gasteiger charge is -2.38. The van der Waals surface area contributed by atoms with Crippen LogP contribution in [0.2, 0.25) is 0 Å². The maximum Gasteiger partial charge on any atom is 0.0337 e. The molecule has 1 rings (SSSR count). The van der Waals surface area contributed by atoms with Crippen molar-refractivity contribution in [1.82, 2.24) is 10.2 Å². The largest absolute Gasteiger partial charge is 0.315 e. The van der Waals surface area contributed by atoms with Crippen LogP contribution in [-0.4, -0.2) is 49.1 Å². The van der Waals surface area contributed by atoms with E-state index in [-0.39, 0.29) is 0 Å². The van der Waals surface area contributed by atoms with Gasteiger partial charge >= 0.3 is 0 Å². The molecule has 0 aliphatic carbocycles. The third-order valence-electron chi connectivity index (χ3n) is 3.48. The Bertz CT molecular complexity index is 201. The molecule has 0 aromatic heterocycles. The zero-order chi connectivity index (χ0) is 12.2. The molecule has 1 heterocycles. The molecular weight excluding hydrogens is 216 g/mol. The Morgan fingerprint density at radius 3 is 2.62 bits per heavy atom. The van der Waals surface area contributed by atoms with E-state index in [2.05, 4.69) is 56.8 Å². The lowest BCUT2D eigenvalue weighted by atomic mass is 9.87. The summed E-state index contributed by atoms with van der Waals surface area (Å²) in [5.41, 5.74) is 0.454. The van der Waals surface area contributed by atoms with Crippen molar-refractivity contribution >= 4 is 11.8 Å². The molecule has 1 fully saturated rings. The molecule has 0 bridgehead atoms. The van der Waals surface area contributed by atoms with E-state index in [1.165, 1.54) is 30.9 Å². The highest BCUT2D eigenvalue weighted by Crippen LogP contribution is 2.25. The average Bonchev–Trinajstić information content (AvgIpc) is 2.20. The number of nitrogens with zero attached hydrogens (tertiary/aromatic N) is 1. The van der Waals surface area contributed by atoms with E-state index in [1.54, 1.807) is 0 Å². The van der Waals surface area contributed by atoms with Crippen molar-refractivity contribution in [3.63, 3.8) is 0 Å². The van der Waals surface area contributed by atoms with E-state index in [9.17, 15) is 0 Å². The second-order valence-corrected chi connectivity index (χ2v) is 7.27. The molecule has 0 amide bonds. The van der Waals surface area contributed by atoms with Gasteiger partial charge in [0.15, 0.2) is 0 Å². The van der Waals surface area contributed by atoms with Gasteiger partial charge in [-0.25, -0.2) is 0 Å². The van der Waals surface area contributed by atoms with Crippen LogP contribution in [-0.2, 0) is 0 Å². The van der Waals surface area contributed by atoms with Crippen LogP contribution >= 0.6 is 11.8 Å². The number of rotatable bonds is 4. The van der Waals surface area contributed by atoms with Gasteiger partial charge in [-0.1, -0.05) is 20.8 Å². The van der Waals surface area contributed by atoms with E-state index in [0.29, 0.717) is 17.5 Å². The summed E-state index contributed by atoms with van der Waals surface area (Å²) >= 11 is 2.10. The summed E-state index contributed by atoms with van der Waals surface area (Å²) in [6.45, 7) is 8.24. The van der Waals surface area contributed by atoms with Gasteiger partial charge in [0.1, 0.15) is 0 Å². The summed E-state index contributed by atoms with van der Waals surface area (Å²) < 4.78 is 0. The van der Waals surface area contributed by atoms with Crippen LogP contribution in [0.4, 0.5) is 0 Å². The van der Waals surface area contributed by atoms with Gasteiger partial charge in [0.2, 0.25) is 0 Å². The number of nitrogens with one attached hydrogen (secondary N) is 1. The summed E-state index contributed by atoms with van der Waals surface area (Å²) in [5, 5.41) is 3.52. The molecule has 1 saturated heterocycles. The van der Waals surface area contributed by atoms with Crippen molar-refractivity contribution in [3.05, 3.63) is 0 Å². The molecule has 0 spiro atoms. The van der Waals surface area contributed by atoms with Gasteiger partial charge in [-0.2, -0.15) is 11.8 Å². The highest BCUT2D eigenvalue weighted by molar-refractivity contribution is 7.99. The Labute approximate surface area is 106 Å². The summed E-state index contributed by atoms with van der Waals surface area (Å²) in [5.74, 6) is 2.58. The van der Waals surface area contributed by atoms with E-state index < -0.39 is 0 Å². The minimum Gasteiger partial charge on any atom is -0.315 e. The van der Waals surface area contributed by atoms with E-state index >= 15 is 0 Å². The van der Waals surface area contributed by atoms with Crippen LogP contribution in [0.15, 0.2) is 0 Å². The van der Waals surface area contributed by atoms with Crippen LogP contribution in [0.5, 0.6) is 0 Å². The molecule has 1 N–H and O–H groups in total. The smallest absolute Gasteiger partial charge is 0.0337 e. The third-order valence-corrected chi connectivity index (χ3v) is 4.53. The topological polar surface area (TPSA) is 15.3 Å². The van der Waals surface area contributed by atoms with Gasteiger partial charge in [-0.3, -0.25) is 0 Å². The number of hydrogen-bond acceptors (Lipinski definition) is 3. The molecular formula is C13H28N2S. The van der Waals surface area contributed by atoms with Crippen molar-refractivity contribution in [2.45, 2.75) is 45.7 Å². The highest BCUT2D eigenvalue weighted by atomic mass is 32.2. The van der Waals surface area contributed by atoms with Crippen molar-refractivity contribution in [2.24, 2.45) is 5.41 Å². The first-order chi connectivity index (χ1) is 7.44. The minimum absolute atomic E-state index is 0.454. The fourth-order valence-corrected chi connectivity index (χ4v) is 3.56. The van der Waals surface area contributed by atoms with Gasteiger partial charge < -0.3 is 10.2 Å². The monoisotopic (exact) mass is 244 g/mol. The van der Waals surface area contributed by atoms with Crippen LogP contribution < -0.4 is 5.32 Å². The van der Waals surface area contributed by atoms with Crippen molar-refractivity contribution < 1.29 is 0 Å². The van der Waals surface area contributed by atoms with Gasteiger partial charge in [0.25, 0.3) is 0 Å². The fourth-order valence-electron chi connectivity index (χ4n) is 2.25. The Morgan fingerprint density at radius 2 is 2.12 bits per heavy atom. The first-order valence-electron chi connectivity index (χ1n) is 6.39. The molecule has 0 radical (unpaired) electrons. The molecule has 2 unspecified atom stereocenters. The quantitative estimate of drug-likeness (QED) is 0.818. The molecule has 16 heavy (non-hydrogen) atoms. The van der Waals surface area contributed by atoms with Crippen molar-refractivity contribution in [1.29, 1.82) is 0 Å². The van der Waals surface area contributed by atoms with Crippen molar-refractivity contribution in [3.8, 4) is 0 Å². The average molecular weight is 244 g/mol. The molecule has 1 aliphatic rings. The minimum atomic E-state index is 0.454. The predicted octanol–water partition coefficient (Wildman–Crippen LogP) is 2.45. The third kappa shape index (κ3) is 4.64. The molecule has 96 valence electrons. The lowest BCUT2D eigenvalue weighted by molar-refractivity contribution is 0.199. The van der Waals surface area contributed by atoms with Gasteiger partial charge in [-0.15, -0.1) is 0 Å². The fraction of sp³-hybridized carbons (Fsp3) is 1.00. The maximum absolute atomic E-state index is 3.52. The van der Waals surface area contributed by atoms with Crippen LogP contribution in [0, 0.1) is 5.41 Å². The predicted molar refractivity (Wildman–Crippen MR) is 75.3 cm³/mol. The molecule has 1 aliphatic heterocycles. The Kier molecular flexibility index (Phi) is 5.62. The Morgan fingerprint density at radius 1 is 1.44 bits per heavy atom. The Hall–Kier alpha value is 0.270. The van der Waals surface area contributed by atoms with E-state index in [4.69, 9.17) is 0 Å². The summed E-state index contributed by atoms with van der Waals surface area (Å²) in [6.07, 6.45) is 2.59. The van der Waals surface area contributed by atoms with E-state index in [0.717, 1.165) is 0 Å². The Balaban J connectivity index is 2.45. The highest BCUT2D eigenvalue weighted by Gasteiger charge is 2.27. The first kappa shape index (κ1) is 14.3. The van der Waals surface area contributed by atoms with Gasteiger partial charge in [-0.05, 0) is 32.4 Å². The standard InChI is InChI=1S/C13H28N2S/c1-13(2,3)7-6-11(14-4)12-10-16-9-8-15(12)5/h11-12,14H,6-10H2,1-5H3. The summed E-state index contributed by atoms with van der Waals surface area (Å²) in [7, 11) is 4.38. The van der Waals surface area contributed by atoms with Gasteiger partial charge in [0.05, 0.1) is 0 Å². The number of hydrogen-bond donors (Lipinski definition) is 1. The molecule has 0 saturated carbocycles. The maximum atomic E-state index is 3.52. The molecule has 0 aromatic rings. The zero-order valence-corrected chi connectivity index (χ0v) is 12.4. The summed E-state index contributed by atoms with van der Waals surface area (Å²) in [6, 6.07) is 1.36. The SMILES string of the molecule is CNC(CCC(C)(C)C)C1CSCCN1C. The second kappa shape index (κ2) is 6.27. The number of thioether (sulfide) groups is 1.